The van der Waals surface area contributed by atoms with E-state index >= 15 is 0 Å². The van der Waals surface area contributed by atoms with Crippen molar-refractivity contribution in [1.82, 2.24) is 0 Å². The number of hydrogen-bond acceptors (Lipinski definition) is 1. The summed E-state index contributed by atoms with van der Waals surface area (Å²) in [5.74, 6) is 1.72. The highest BCUT2D eigenvalue weighted by atomic mass is 79.9. The van der Waals surface area contributed by atoms with Crippen LogP contribution in [0, 0.1) is 5.92 Å². The van der Waals surface area contributed by atoms with E-state index in [1.165, 1.54) is 12.0 Å². The summed E-state index contributed by atoms with van der Waals surface area (Å²) in [5.41, 5.74) is 1.19. The van der Waals surface area contributed by atoms with Crippen LogP contribution in [-0.4, -0.2) is 6.61 Å². The first-order chi connectivity index (χ1) is 7.65. The monoisotopic (exact) mass is 348 g/mol. The third-order valence-corrected chi connectivity index (χ3v) is 3.59. The quantitative estimate of drug-likeness (QED) is 0.509. The summed E-state index contributed by atoms with van der Waals surface area (Å²) in [6.45, 7) is 5.27. The fourth-order valence-corrected chi connectivity index (χ4v) is 2.45. The molecule has 0 aliphatic heterocycles. The van der Waals surface area contributed by atoms with Crippen molar-refractivity contribution in [2.45, 2.75) is 32.0 Å². The number of alkyl halides is 1. The zero-order valence-corrected chi connectivity index (χ0v) is 13.0. The molecule has 16 heavy (non-hydrogen) atoms. The third-order valence-electron chi connectivity index (χ3n) is 2.36. The van der Waals surface area contributed by atoms with E-state index in [2.05, 4.69) is 51.8 Å². The van der Waals surface area contributed by atoms with Crippen LogP contribution >= 0.6 is 31.9 Å². The van der Waals surface area contributed by atoms with Gasteiger partial charge in [0.1, 0.15) is 5.75 Å². The summed E-state index contributed by atoms with van der Waals surface area (Å²) in [6, 6.07) is 6.13. The van der Waals surface area contributed by atoms with Crippen LogP contribution < -0.4 is 4.74 Å². The second kappa shape index (κ2) is 7.33. The maximum absolute atomic E-state index is 5.83. The van der Waals surface area contributed by atoms with E-state index in [0.29, 0.717) is 0 Å². The molecule has 0 atom stereocenters. The molecule has 0 N–H and O–H groups in total. The van der Waals surface area contributed by atoms with E-state index in [1.54, 1.807) is 0 Å². The molecule has 1 rings (SSSR count). The Morgan fingerprint density at radius 1 is 1.31 bits per heavy atom. The van der Waals surface area contributed by atoms with E-state index < -0.39 is 0 Å². The Balaban J connectivity index is 2.52. The molecular weight excluding hydrogens is 332 g/mol. The fourth-order valence-electron chi connectivity index (χ4n) is 1.49. The largest absolute Gasteiger partial charge is 0.492 e. The smallest absolute Gasteiger partial charge is 0.137 e. The lowest BCUT2D eigenvalue weighted by molar-refractivity contribution is 0.294. The minimum Gasteiger partial charge on any atom is -0.492 e. The Kier molecular flexibility index (Phi) is 6.44. The van der Waals surface area contributed by atoms with Gasteiger partial charge in [-0.05, 0) is 40.8 Å². The summed E-state index contributed by atoms with van der Waals surface area (Å²) in [6.07, 6.45) is 2.33. The summed E-state index contributed by atoms with van der Waals surface area (Å²) < 4.78 is 6.87. The van der Waals surface area contributed by atoms with Crippen molar-refractivity contribution in [3.63, 3.8) is 0 Å². The molecule has 0 radical (unpaired) electrons. The van der Waals surface area contributed by atoms with Gasteiger partial charge in [0.2, 0.25) is 0 Å². The van der Waals surface area contributed by atoms with Crippen LogP contribution in [0.5, 0.6) is 5.75 Å². The van der Waals surface area contributed by atoms with Crippen molar-refractivity contribution in [1.29, 1.82) is 0 Å². The molecule has 1 aromatic carbocycles. The Bertz CT molecular complexity index is 324. The van der Waals surface area contributed by atoms with Gasteiger partial charge in [-0.2, -0.15) is 0 Å². The van der Waals surface area contributed by atoms with Crippen LogP contribution in [0.15, 0.2) is 22.7 Å². The van der Waals surface area contributed by atoms with Crippen molar-refractivity contribution >= 4 is 31.9 Å². The SMILES string of the molecule is CC(C)CCCOc1c(Br)cccc1CBr. The van der Waals surface area contributed by atoms with E-state index in [-0.39, 0.29) is 0 Å². The van der Waals surface area contributed by atoms with Crippen LogP contribution in [-0.2, 0) is 5.33 Å². The first kappa shape index (κ1) is 14.0. The number of halogens is 2. The van der Waals surface area contributed by atoms with Gasteiger partial charge in [0, 0.05) is 10.9 Å². The Labute approximate surface area is 115 Å². The van der Waals surface area contributed by atoms with Gasteiger partial charge in [-0.15, -0.1) is 0 Å². The molecule has 0 aliphatic rings. The Hall–Kier alpha value is -0.0200. The molecular formula is C13H18Br2O. The Morgan fingerprint density at radius 2 is 2.06 bits per heavy atom. The third kappa shape index (κ3) is 4.46. The summed E-state index contributed by atoms with van der Waals surface area (Å²) in [7, 11) is 0. The number of hydrogen-bond donors (Lipinski definition) is 0. The first-order valence-corrected chi connectivity index (χ1v) is 7.52. The lowest BCUT2D eigenvalue weighted by Gasteiger charge is -2.12. The summed E-state index contributed by atoms with van der Waals surface area (Å²) >= 11 is 7.00. The topological polar surface area (TPSA) is 9.23 Å². The summed E-state index contributed by atoms with van der Waals surface area (Å²) in [4.78, 5) is 0. The molecule has 0 unspecified atom stereocenters. The normalized spacial score (nSPS) is 10.8. The van der Waals surface area contributed by atoms with Gasteiger partial charge >= 0.3 is 0 Å². The van der Waals surface area contributed by atoms with E-state index in [1.807, 2.05) is 12.1 Å². The van der Waals surface area contributed by atoms with Gasteiger partial charge in [0.05, 0.1) is 11.1 Å². The van der Waals surface area contributed by atoms with Gasteiger partial charge in [-0.3, -0.25) is 0 Å². The average molecular weight is 350 g/mol. The van der Waals surface area contributed by atoms with Crippen LogP contribution in [0.3, 0.4) is 0 Å². The van der Waals surface area contributed by atoms with Crippen molar-refractivity contribution < 1.29 is 4.74 Å². The molecule has 0 bridgehead atoms. The highest BCUT2D eigenvalue weighted by Gasteiger charge is 2.06. The van der Waals surface area contributed by atoms with Crippen LogP contribution in [0.1, 0.15) is 32.3 Å². The maximum atomic E-state index is 5.83. The molecule has 0 heterocycles. The zero-order chi connectivity index (χ0) is 12.0. The Morgan fingerprint density at radius 3 is 2.69 bits per heavy atom. The van der Waals surface area contributed by atoms with Crippen molar-refractivity contribution in [2.24, 2.45) is 5.92 Å². The molecule has 3 heteroatoms. The minimum atomic E-state index is 0.749. The molecule has 0 amide bonds. The van der Waals surface area contributed by atoms with Gasteiger partial charge in [0.15, 0.2) is 0 Å². The van der Waals surface area contributed by atoms with Crippen LogP contribution in [0.4, 0.5) is 0 Å². The predicted octanol–water partition coefficient (Wildman–Crippen LogP) is 5.16. The second-order valence-corrected chi connectivity index (χ2v) is 5.66. The van der Waals surface area contributed by atoms with Crippen molar-refractivity contribution in [3.8, 4) is 5.75 Å². The molecule has 0 saturated heterocycles. The molecule has 1 nitrogen and oxygen atoms in total. The molecule has 1 aromatic rings. The average Bonchev–Trinajstić information content (AvgIpc) is 2.25. The molecule has 90 valence electrons. The summed E-state index contributed by atoms with van der Waals surface area (Å²) in [5, 5.41) is 0.825. The maximum Gasteiger partial charge on any atom is 0.137 e. The number of benzene rings is 1. The molecule has 0 aromatic heterocycles. The zero-order valence-electron chi connectivity index (χ0n) is 9.80. The van der Waals surface area contributed by atoms with Gasteiger partial charge in [-0.1, -0.05) is 41.9 Å². The van der Waals surface area contributed by atoms with E-state index in [9.17, 15) is 0 Å². The number of para-hydroxylation sites is 1. The van der Waals surface area contributed by atoms with Crippen molar-refractivity contribution in [2.75, 3.05) is 6.61 Å². The molecule has 0 saturated carbocycles. The van der Waals surface area contributed by atoms with Crippen LogP contribution in [0.2, 0.25) is 0 Å². The molecule has 0 aliphatic carbocycles. The highest BCUT2D eigenvalue weighted by molar-refractivity contribution is 9.10. The predicted molar refractivity (Wildman–Crippen MR) is 76.3 cm³/mol. The van der Waals surface area contributed by atoms with Crippen LogP contribution in [0.25, 0.3) is 0 Å². The standard InChI is InChI=1S/C13H18Br2O/c1-10(2)5-4-8-16-13-11(9-14)6-3-7-12(13)15/h3,6-7,10H,4-5,8-9H2,1-2H3. The van der Waals surface area contributed by atoms with Gasteiger partial charge in [0.25, 0.3) is 0 Å². The van der Waals surface area contributed by atoms with Crippen molar-refractivity contribution in [3.05, 3.63) is 28.2 Å². The highest BCUT2D eigenvalue weighted by Crippen LogP contribution is 2.30. The minimum absolute atomic E-state index is 0.749. The van der Waals surface area contributed by atoms with Gasteiger partial charge < -0.3 is 4.74 Å². The van der Waals surface area contributed by atoms with E-state index in [0.717, 1.165) is 34.5 Å². The van der Waals surface area contributed by atoms with Gasteiger partial charge in [-0.25, -0.2) is 0 Å². The fraction of sp³-hybridized carbons (Fsp3) is 0.538. The lowest BCUT2D eigenvalue weighted by atomic mass is 10.1. The second-order valence-electron chi connectivity index (χ2n) is 4.25. The number of rotatable bonds is 6. The van der Waals surface area contributed by atoms with E-state index in [4.69, 9.17) is 4.74 Å². The molecule has 0 spiro atoms. The number of ether oxygens (including phenoxy) is 1. The first-order valence-electron chi connectivity index (χ1n) is 5.61. The lowest BCUT2D eigenvalue weighted by Crippen LogP contribution is -2.02. The molecule has 0 fully saturated rings.